The summed E-state index contributed by atoms with van der Waals surface area (Å²) in [6.07, 6.45) is 2.83. The molecule has 0 rings (SSSR count). The number of hydrogen-bond donors (Lipinski definition) is 1. The molecule has 0 fully saturated rings. The van der Waals surface area contributed by atoms with Crippen LogP contribution in [0.4, 0.5) is 0 Å². The van der Waals surface area contributed by atoms with Gasteiger partial charge < -0.3 is 0 Å². The summed E-state index contributed by atoms with van der Waals surface area (Å²) in [4.78, 5) is 0. The fourth-order valence-electron chi connectivity index (χ4n) is 0.0527. The van der Waals surface area contributed by atoms with Crippen LogP contribution in [0.5, 0.6) is 0 Å². The number of aliphatic hydroxyl groups is 1. The molecule has 0 spiro atoms. The first-order valence-corrected chi connectivity index (χ1v) is 4.10. The van der Waals surface area contributed by atoms with E-state index >= 15 is 0 Å². The van der Waals surface area contributed by atoms with E-state index in [1.165, 1.54) is 0 Å². The van der Waals surface area contributed by atoms with Crippen molar-refractivity contribution >= 4 is 25.8 Å². The summed E-state index contributed by atoms with van der Waals surface area (Å²) in [7, 11) is 0. The van der Waals surface area contributed by atoms with Gasteiger partial charge in [-0.15, -0.1) is 0 Å². The molecule has 0 aliphatic carbocycles. The molecule has 0 saturated carbocycles. The van der Waals surface area contributed by atoms with Gasteiger partial charge in [-0.1, -0.05) is 0 Å². The van der Waals surface area contributed by atoms with Crippen LogP contribution < -0.4 is 0 Å². The Bertz CT molecular complexity index is 33.9. The van der Waals surface area contributed by atoms with Crippen molar-refractivity contribution in [3.05, 3.63) is 12.3 Å². The molecule has 5 heavy (non-hydrogen) atoms. The van der Waals surface area contributed by atoms with Crippen molar-refractivity contribution in [2.45, 2.75) is 3.98 Å². The van der Waals surface area contributed by atoms with Gasteiger partial charge in [0.05, 0.1) is 0 Å². The number of aliphatic hydroxyl groups excluding tert-OH is 1. The van der Waals surface area contributed by atoms with E-state index in [0.29, 0.717) is 0 Å². The third-order valence-corrected chi connectivity index (χ3v) is 1.14. The first kappa shape index (κ1) is 5.46. The van der Waals surface area contributed by atoms with Gasteiger partial charge in [-0.05, 0) is 0 Å². The Balaban J connectivity index is 2.62. The molecule has 0 aliphatic heterocycles. The summed E-state index contributed by atoms with van der Waals surface area (Å²) in [5, 5.41) is 7.91. The van der Waals surface area contributed by atoms with Crippen LogP contribution in [0.15, 0.2) is 12.3 Å². The van der Waals surface area contributed by atoms with Crippen molar-refractivity contribution in [2.24, 2.45) is 0 Å². The summed E-state index contributed by atoms with van der Waals surface area (Å²) < 4.78 is 1.05. The molecule has 2 heteroatoms. The number of rotatable bonds is 1. The van der Waals surface area contributed by atoms with E-state index in [4.69, 9.17) is 5.11 Å². The molecular formula is C3H5OPb. The van der Waals surface area contributed by atoms with Gasteiger partial charge in [0.25, 0.3) is 0 Å². The second-order valence-corrected chi connectivity index (χ2v) is 2.18. The SMILES string of the molecule is OC=C[CH2][Pb]. The van der Waals surface area contributed by atoms with Gasteiger partial charge in [0.2, 0.25) is 0 Å². The predicted octanol–water partition coefficient (Wildman–Crippen LogP) is 0.645. The minimum absolute atomic E-state index is 1.05. The molecular weight excluding hydrogens is 259 g/mol. The normalized spacial score (nSPS) is 9.80. The van der Waals surface area contributed by atoms with E-state index in [2.05, 4.69) is 0 Å². The number of hydrogen-bond acceptors (Lipinski definition) is 1. The molecule has 0 aromatic heterocycles. The van der Waals surface area contributed by atoms with Crippen molar-refractivity contribution in [3.8, 4) is 0 Å². The maximum absolute atomic E-state index is 7.91. The molecule has 3 radical (unpaired) electrons. The third-order valence-electron chi connectivity index (χ3n) is 0.223. The van der Waals surface area contributed by atoms with Crippen LogP contribution in [0, 0.1) is 0 Å². The zero-order valence-electron chi connectivity index (χ0n) is 2.81. The van der Waals surface area contributed by atoms with E-state index in [-0.39, 0.29) is 0 Å². The second kappa shape index (κ2) is 4.46. The molecule has 0 saturated heterocycles. The van der Waals surface area contributed by atoms with Gasteiger partial charge in [-0.2, -0.15) is 0 Å². The molecule has 0 atom stereocenters. The van der Waals surface area contributed by atoms with Crippen LogP contribution in [0.1, 0.15) is 0 Å². The van der Waals surface area contributed by atoms with E-state index in [9.17, 15) is 0 Å². The van der Waals surface area contributed by atoms with Crippen molar-refractivity contribution in [2.75, 3.05) is 0 Å². The Morgan fingerprint density at radius 3 is 2.40 bits per heavy atom. The van der Waals surface area contributed by atoms with Gasteiger partial charge in [0, 0.05) is 0 Å². The average Bonchev–Trinajstić information content (AvgIpc) is 1.41. The molecule has 0 aromatic carbocycles. The first-order valence-electron chi connectivity index (χ1n) is 1.35. The zero-order valence-corrected chi connectivity index (χ0v) is 6.70. The van der Waals surface area contributed by atoms with Gasteiger partial charge in [-0.3, -0.25) is 0 Å². The third kappa shape index (κ3) is 4.46. The van der Waals surface area contributed by atoms with Gasteiger partial charge in [-0.25, -0.2) is 0 Å². The number of allylic oxidation sites excluding steroid dienone is 1. The summed E-state index contributed by atoms with van der Waals surface area (Å²) in [6, 6.07) is 0. The summed E-state index contributed by atoms with van der Waals surface area (Å²) in [5.74, 6) is 0. The first-order chi connectivity index (χ1) is 2.41. The Morgan fingerprint density at radius 1 is 1.80 bits per heavy atom. The van der Waals surface area contributed by atoms with E-state index in [0.717, 1.165) is 36.0 Å². The minimum atomic E-state index is 1.05. The van der Waals surface area contributed by atoms with Crippen LogP contribution in [0.2, 0.25) is 3.98 Å². The standard InChI is InChI=1S/C3H5O.Pb/c1-2-3-4;/h2-4H,1H2;. The Hall–Kier alpha value is 0.462. The quantitative estimate of drug-likeness (QED) is 0.544. The van der Waals surface area contributed by atoms with Crippen LogP contribution in [0.3, 0.4) is 0 Å². The van der Waals surface area contributed by atoms with Crippen LogP contribution >= 0.6 is 0 Å². The molecule has 1 nitrogen and oxygen atoms in total. The topological polar surface area (TPSA) is 20.2 Å². The van der Waals surface area contributed by atoms with E-state index in [1.807, 2.05) is 0 Å². The summed E-state index contributed by atoms with van der Waals surface area (Å²) in [5.41, 5.74) is 0. The molecule has 0 heterocycles. The van der Waals surface area contributed by atoms with Crippen LogP contribution in [-0.4, -0.2) is 30.9 Å². The molecule has 0 bridgehead atoms. The van der Waals surface area contributed by atoms with E-state index < -0.39 is 0 Å². The van der Waals surface area contributed by atoms with Crippen molar-refractivity contribution in [1.29, 1.82) is 0 Å². The van der Waals surface area contributed by atoms with Crippen LogP contribution in [0.25, 0.3) is 0 Å². The molecule has 1 N–H and O–H groups in total. The predicted molar refractivity (Wildman–Crippen MR) is 22.3 cm³/mol. The molecule has 0 unspecified atom stereocenters. The van der Waals surface area contributed by atoms with Crippen LogP contribution in [-0.2, 0) is 0 Å². The molecule has 27 valence electrons. The Morgan fingerprint density at radius 2 is 2.40 bits per heavy atom. The second-order valence-electron chi connectivity index (χ2n) is 0.589. The van der Waals surface area contributed by atoms with Crippen molar-refractivity contribution in [3.63, 3.8) is 0 Å². The van der Waals surface area contributed by atoms with E-state index in [1.54, 1.807) is 6.08 Å². The van der Waals surface area contributed by atoms with Crippen molar-refractivity contribution < 1.29 is 5.11 Å². The fourth-order valence-corrected chi connectivity index (χ4v) is 0.462. The Kier molecular flexibility index (Phi) is 4.87. The average molecular weight is 264 g/mol. The zero-order chi connectivity index (χ0) is 4.12. The molecule has 0 aliphatic rings. The summed E-state index contributed by atoms with van der Waals surface area (Å²) in [6.45, 7) is 0. The van der Waals surface area contributed by atoms with Gasteiger partial charge in [0.15, 0.2) is 0 Å². The van der Waals surface area contributed by atoms with Gasteiger partial charge in [0.1, 0.15) is 0 Å². The monoisotopic (exact) mass is 265 g/mol. The Labute approximate surface area is 47.4 Å². The molecule has 0 aromatic rings. The summed E-state index contributed by atoms with van der Waals surface area (Å²) >= 11 is 1.15. The fraction of sp³-hybridized carbons (Fsp3) is 0.333. The molecule has 0 amide bonds. The maximum atomic E-state index is 7.91. The van der Waals surface area contributed by atoms with Crippen molar-refractivity contribution in [1.82, 2.24) is 0 Å². The van der Waals surface area contributed by atoms with Gasteiger partial charge >= 0.3 is 47.2 Å².